The van der Waals surface area contributed by atoms with Gasteiger partial charge >= 0.3 is 0 Å². The van der Waals surface area contributed by atoms with Crippen LogP contribution in [0.5, 0.6) is 0 Å². The average molecular weight is 278 g/mol. The van der Waals surface area contributed by atoms with Gasteiger partial charge in [0.25, 0.3) is 0 Å². The number of carbonyl (C=O) groups excluding carboxylic acids is 1. The van der Waals surface area contributed by atoms with Crippen LogP contribution in [0.25, 0.3) is 0 Å². The Labute approximate surface area is 125 Å². The van der Waals surface area contributed by atoms with Gasteiger partial charge in [-0.2, -0.15) is 0 Å². The number of nitrogens with one attached hydrogen (secondary N) is 1. The van der Waals surface area contributed by atoms with Gasteiger partial charge in [-0.3, -0.25) is 4.79 Å². The molecule has 2 rings (SSSR count). The fourth-order valence-corrected chi connectivity index (χ4v) is 2.04. The SMILES string of the molecule is CC(C)Cc1cccc(C#Cc2cc(NC=O)ccn2)c1. The molecule has 1 aromatic heterocycles. The Kier molecular flexibility index (Phi) is 5.11. The van der Waals surface area contributed by atoms with E-state index in [0.29, 0.717) is 23.7 Å². The second-order valence-corrected chi connectivity index (χ2v) is 5.24. The molecule has 1 N–H and O–H groups in total. The number of rotatable bonds is 4. The first-order valence-electron chi connectivity index (χ1n) is 6.94. The lowest BCUT2D eigenvalue weighted by Crippen LogP contribution is -1.95. The summed E-state index contributed by atoms with van der Waals surface area (Å²) in [6.07, 6.45) is 3.32. The van der Waals surface area contributed by atoms with Crippen molar-refractivity contribution in [1.29, 1.82) is 0 Å². The molecule has 0 aliphatic rings. The van der Waals surface area contributed by atoms with E-state index < -0.39 is 0 Å². The third-order valence-electron chi connectivity index (χ3n) is 2.89. The van der Waals surface area contributed by atoms with E-state index in [-0.39, 0.29) is 0 Å². The molecule has 0 bridgehead atoms. The van der Waals surface area contributed by atoms with Gasteiger partial charge in [0, 0.05) is 17.4 Å². The summed E-state index contributed by atoms with van der Waals surface area (Å²) in [4.78, 5) is 14.6. The predicted octanol–water partition coefficient (Wildman–Crippen LogP) is 3.25. The molecule has 0 fully saturated rings. The van der Waals surface area contributed by atoms with E-state index in [2.05, 4.69) is 48.1 Å². The summed E-state index contributed by atoms with van der Waals surface area (Å²) >= 11 is 0. The van der Waals surface area contributed by atoms with Crippen LogP contribution in [0.1, 0.15) is 30.7 Å². The van der Waals surface area contributed by atoms with Crippen LogP contribution in [-0.4, -0.2) is 11.4 Å². The maximum Gasteiger partial charge on any atom is 0.211 e. The lowest BCUT2D eigenvalue weighted by molar-refractivity contribution is -0.105. The van der Waals surface area contributed by atoms with Gasteiger partial charge in [-0.25, -0.2) is 4.98 Å². The highest BCUT2D eigenvalue weighted by Crippen LogP contribution is 2.10. The zero-order chi connectivity index (χ0) is 15.1. The number of aromatic nitrogens is 1. The molecule has 0 spiro atoms. The standard InChI is InChI=1S/C18H18N2O/c1-14(2)10-16-5-3-4-15(11-16)6-7-17-12-18(20-13-21)8-9-19-17/h3-5,8-9,11-14H,10H2,1-2H3,(H,19,20,21). The van der Waals surface area contributed by atoms with Crippen molar-refractivity contribution >= 4 is 12.1 Å². The molecule has 3 heteroatoms. The van der Waals surface area contributed by atoms with Crippen molar-refractivity contribution in [3.63, 3.8) is 0 Å². The first-order chi connectivity index (χ1) is 10.2. The summed E-state index contributed by atoms with van der Waals surface area (Å²) in [6.45, 7) is 4.40. The summed E-state index contributed by atoms with van der Waals surface area (Å²) in [7, 11) is 0. The van der Waals surface area contributed by atoms with Gasteiger partial charge in [-0.1, -0.05) is 31.9 Å². The van der Waals surface area contributed by atoms with Crippen LogP contribution in [0.2, 0.25) is 0 Å². The smallest absolute Gasteiger partial charge is 0.211 e. The molecule has 0 radical (unpaired) electrons. The highest BCUT2D eigenvalue weighted by molar-refractivity contribution is 5.71. The number of pyridine rings is 1. The monoisotopic (exact) mass is 278 g/mol. The van der Waals surface area contributed by atoms with E-state index >= 15 is 0 Å². The van der Waals surface area contributed by atoms with Crippen molar-refractivity contribution in [2.24, 2.45) is 5.92 Å². The molecular weight excluding hydrogens is 260 g/mol. The zero-order valence-electron chi connectivity index (χ0n) is 12.3. The lowest BCUT2D eigenvalue weighted by atomic mass is 10.0. The molecule has 0 saturated heterocycles. The summed E-state index contributed by atoms with van der Waals surface area (Å²) in [5.41, 5.74) is 3.60. The van der Waals surface area contributed by atoms with Gasteiger partial charge in [0.15, 0.2) is 0 Å². The number of hydrogen-bond acceptors (Lipinski definition) is 2. The molecule has 0 saturated carbocycles. The van der Waals surface area contributed by atoms with Crippen LogP contribution in [0.4, 0.5) is 5.69 Å². The van der Waals surface area contributed by atoms with Crippen LogP contribution < -0.4 is 5.32 Å². The Morgan fingerprint density at radius 3 is 2.86 bits per heavy atom. The quantitative estimate of drug-likeness (QED) is 0.689. The number of carbonyl (C=O) groups is 1. The zero-order valence-corrected chi connectivity index (χ0v) is 12.3. The molecular formula is C18H18N2O. The summed E-state index contributed by atoms with van der Waals surface area (Å²) in [6, 6.07) is 11.7. The van der Waals surface area contributed by atoms with E-state index in [1.165, 1.54) is 5.56 Å². The minimum absolute atomic E-state index is 0.626. The summed E-state index contributed by atoms with van der Waals surface area (Å²) in [5, 5.41) is 2.59. The van der Waals surface area contributed by atoms with E-state index in [1.54, 1.807) is 18.3 Å². The molecule has 3 nitrogen and oxygen atoms in total. The molecule has 21 heavy (non-hydrogen) atoms. The second-order valence-electron chi connectivity index (χ2n) is 5.24. The van der Waals surface area contributed by atoms with Crippen LogP contribution in [0.15, 0.2) is 42.6 Å². The molecule has 0 aliphatic carbocycles. The van der Waals surface area contributed by atoms with E-state index in [1.807, 2.05) is 12.1 Å². The molecule has 1 heterocycles. The van der Waals surface area contributed by atoms with Crippen LogP contribution in [-0.2, 0) is 11.2 Å². The minimum atomic E-state index is 0.626. The third-order valence-corrected chi connectivity index (χ3v) is 2.89. The Bertz CT molecular complexity index is 681. The molecule has 0 unspecified atom stereocenters. The van der Waals surface area contributed by atoms with Gasteiger partial charge in [0.1, 0.15) is 5.69 Å². The largest absolute Gasteiger partial charge is 0.329 e. The summed E-state index contributed by atoms with van der Waals surface area (Å²) in [5.74, 6) is 6.76. The number of anilines is 1. The molecule has 106 valence electrons. The Morgan fingerprint density at radius 1 is 1.24 bits per heavy atom. The normalized spacial score (nSPS) is 9.86. The molecule has 1 amide bonds. The van der Waals surface area contributed by atoms with Gasteiger partial charge in [-0.15, -0.1) is 0 Å². The number of amides is 1. The molecule has 2 aromatic rings. The van der Waals surface area contributed by atoms with Gasteiger partial charge in [-0.05, 0) is 48.1 Å². The minimum Gasteiger partial charge on any atom is -0.329 e. The third kappa shape index (κ3) is 4.77. The highest BCUT2D eigenvalue weighted by atomic mass is 16.1. The first kappa shape index (κ1) is 14.8. The molecule has 0 aliphatic heterocycles. The Morgan fingerprint density at radius 2 is 2.10 bits per heavy atom. The maximum atomic E-state index is 10.4. The van der Waals surface area contributed by atoms with E-state index in [9.17, 15) is 4.79 Å². The van der Waals surface area contributed by atoms with Crippen molar-refractivity contribution in [2.75, 3.05) is 5.32 Å². The van der Waals surface area contributed by atoms with E-state index in [4.69, 9.17) is 0 Å². The van der Waals surface area contributed by atoms with Crippen molar-refractivity contribution in [2.45, 2.75) is 20.3 Å². The van der Waals surface area contributed by atoms with Crippen LogP contribution in [0, 0.1) is 17.8 Å². The maximum absolute atomic E-state index is 10.4. The van der Waals surface area contributed by atoms with Gasteiger partial charge in [0.05, 0.1) is 0 Å². The average Bonchev–Trinajstić information content (AvgIpc) is 2.46. The Hall–Kier alpha value is -2.60. The van der Waals surface area contributed by atoms with Crippen LogP contribution >= 0.6 is 0 Å². The van der Waals surface area contributed by atoms with Crippen molar-refractivity contribution in [1.82, 2.24) is 4.98 Å². The summed E-state index contributed by atoms with van der Waals surface area (Å²) < 4.78 is 0. The number of benzene rings is 1. The number of nitrogens with zero attached hydrogens (tertiary/aromatic N) is 1. The van der Waals surface area contributed by atoms with Gasteiger partial charge in [0.2, 0.25) is 6.41 Å². The lowest BCUT2D eigenvalue weighted by Gasteiger charge is -2.04. The molecule has 1 aromatic carbocycles. The topological polar surface area (TPSA) is 42.0 Å². The van der Waals surface area contributed by atoms with E-state index in [0.717, 1.165) is 12.0 Å². The van der Waals surface area contributed by atoms with Crippen LogP contribution in [0.3, 0.4) is 0 Å². The van der Waals surface area contributed by atoms with Crippen molar-refractivity contribution < 1.29 is 4.79 Å². The fourth-order valence-electron chi connectivity index (χ4n) is 2.04. The fraction of sp³-hybridized carbons (Fsp3) is 0.222. The Balaban J connectivity index is 2.18. The first-order valence-corrected chi connectivity index (χ1v) is 6.94. The second kappa shape index (κ2) is 7.25. The molecule has 0 atom stereocenters. The van der Waals surface area contributed by atoms with Gasteiger partial charge < -0.3 is 5.32 Å². The van der Waals surface area contributed by atoms with Crippen molar-refractivity contribution in [3.8, 4) is 11.8 Å². The number of hydrogen-bond donors (Lipinski definition) is 1. The predicted molar refractivity (Wildman–Crippen MR) is 84.9 cm³/mol. The highest BCUT2D eigenvalue weighted by Gasteiger charge is 1.98. The van der Waals surface area contributed by atoms with Crippen molar-refractivity contribution in [3.05, 3.63) is 59.4 Å².